The second-order valence-corrected chi connectivity index (χ2v) is 6.22. The largest absolute Gasteiger partial charge is 0.375 e. The molecular weight excluding hydrogens is 312 g/mol. The molecule has 0 bridgehead atoms. The highest BCUT2D eigenvalue weighted by Gasteiger charge is 2.29. The summed E-state index contributed by atoms with van der Waals surface area (Å²) in [7, 11) is 2.95. The van der Waals surface area contributed by atoms with Gasteiger partial charge in [-0.1, -0.05) is 0 Å². The van der Waals surface area contributed by atoms with Crippen molar-refractivity contribution in [2.75, 3.05) is 13.2 Å². The zero-order valence-corrected chi connectivity index (χ0v) is 14.1. The van der Waals surface area contributed by atoms with E-state index in [1.807, 2.05) is 13.8 Å². The van der Waals surface area contributed by atoms with Crippen LogP contribution >= 0.6 is 0 Å². The number of fused-ring (bicyclic) bond motifs is 1. The van der Waals surface area contributed by atoms with E-state index < -0.39 is 11.2 Å². The highest BCUT2D eigenvalue weighted by Crippen LogP contribution is 2.16. The van der Waals surface area contributed by atoms with E-state index in [4.69, 9.17) is 4.74 Å². The number of carbonyl (C=O) groups excluding carboxylic acids is 1. The summed E-state index contributed by atoms with van der Waals surface area (Å²) in [4.78, 5) is 43.0. The van der Waals surface area contributed by atoms with Gasteiger partial charge in [0.1, 0.15) is 11.3 Å². The van der Waals surface area contributed by atoms with Crippen molar-refractivity contribution < 1.29 is 9.53 Å². The lowest BCUT2D eigenvalue weighted by atomic mass is 10.1. The summed E-state index contributed by atoms with van der Waals surface area (Å²) in [6.07, 6.45) is -0.0396. The molecule has 0 N–H and O–H groups in total. The van der Waals surface area contributed by atoms with Crippen LogP contribution in [0, 0.1) is 0 Å². The van der Waals surface area contributed by atoms with Crippen LogP contribution in [-0.4, -0.2) is 50.2 Å². The van der Waals surface area contributed by atoms with Crippen LogP contribution < -0.4 is 11.2 Å². The van der Waals surface area contributed by atoms with Crippen LogP contribution in [0.25, 0.3) is 11.0 Å². The van der Waals surface area contributed by atoms with E-state index in [2.05, 4.69) is 4.98 Å². The lowest BCUT2D eigenvalue weighted by Crippen LogP contribution is -2.50. The number of carbonyl (C=O) groups is 1. The minimum Gasteiger partial charge on any atom is -0.375 e. The summed E-state index contributed by atoms with van der Waals surface area (Å²) in [5, 5.41) is 0.305. The lowest BCUT2D eigenvalue weighted by molar-refractivity contribution is -0.0388. The molecule has 1 fully saturated rings. The molecule has 3 rings (SSSR count). The standard InChI is InChI=1S/C16H20N4O4/c1-9-8-24-10(2)7-20(9)15(22)12-6-5-11-13(17-12)18(3)16(23)19(4)14(11)21/h5-6,9-10H,7-8H2,1-4H3. The Hall–Kier alpha value is -2.48. The first kappa shape index (κ1) is 16.4. The molecule has 2 aromatic rings. The van der Waals surface area contributed by atoms with E-state index in [0.717, 1.165) is 4.57 Å². The monoisotopic (exact) mass is 332 g/mol. The van der Waals surface area contributed by atoms with Crippen molar-refractivity contribution in [3.63, 3.8) is 0 Å². The number of aryl methyl sites for hydroxylation is 1. The number of amides is 1. The Morgan fingerprint density at radius 3 is 2.62 bits per heavy atom. The molecule has 0 spiro atoms. The number of hydrogen-bond donors (Lipinski definition) is 0. The SMILES string of the molecule is CC1CN(C(=O)c2ccc3c(=O)n(C)c(=O)n(C)c3n2)C(C)CO1. The van der Waals surface area contributed by atoms with Crippen molar-refractivity contribution in [1.82, 2.24) is 19.0 Å². The minimum atomic E-state index is -0.474. The maximum Gasteiger partial charge on any atom is 0.332 e. The van der Waals surface area contributed by atoms with Gasteiger partial charge in [-0.3, -0.25) is 18.7 Å². The molecule has 0 radical (unpaired) electrons. The van der Waals surface area contributed by atoms with Gasteiger partial charge in [0.05, 0.1) is 24.1 Å². The average molecular weight is 332 g/mol. The first-order valence-electron chi connectivity index (χ1n) is 7.80. The summed E-state index contributed by atoms with van der Waals surface area (Å²) >= 11 is 0. The topological polar surface area (TPSA) is 86.4 Å². The van der Waals surface area contributed by atoms with Crippen LogP contribution in [0.4, 0.5) is 0 Å². The normalized spacial score (nSPS) is 21.2. The predicted molar refractivity (Wildman–Crippen MR) is 88.1 cm³/mol. The van der Waals surface area contributed by atoms with Gasteiger partial charge in [-0.15, -0.1) is 0 Å². The van der Waals surface area contributed by atoms with Gasteiger partial charge in [0.15, 0.2) is 0 Å². The highest BCUT2D eigenvalue weighted by molar-refractivity contribution is 5.94. The fourth-order valence-corrected chi connectivity index (χ4v) is 2.91. The van der Waals surface area contributed by atoms with Gasteiger partial charge in [0, 0.05) is 20.6 Å². The van der Waals surface area contributed by atoms with Gasteiger partial charge in [-0.2, -0.15) is 0 Å². The zero-order chi connectivity index (χ0) is 17.6. The Kier molecular flexibility index (Phi) is 4.00. The number of pyridine rings is 1. The molecule has 1 saturated heterocycles. The molecule has 2 atom stereocenters. The van der Waals surface area contributed by atoms with E-state index in [0.29, 0.717) is 18.5 Å². The van der Waals surface area contributed by atoms with Crippen LogP contribution in [0.1, 0.15) is 24.3 Å². The summed E-state index contributed by atoms with van der Waals surface area (Å²) < 4.78 is 7.84. The molecule has 0 aliphatic carbocycles. The number of ether oxygens (including phenoxy) is 1. The Morgan fingerprint density at radius 2 is 1.92 bits per heavy atom. The number of aromatic nitrogens is 3. The first-order chi connectivity index (χ1) is 11.3. The van der Waals surface area contributed by atoms with Gasteiger partial charge >= 0.3 is 5.69 Å². The van der Waals surface area contributed by atoms with Crippen molar-refractivity contribution in [3.05, 3.63) is 38.7 Å². The molecular formula is C16H20N4O4. The molecule has 24 heavy (non-hydrogen) atoms. The summed E-state index contributed by atoms with van der Waals surface area (Å²) in [5.41, 5.74) is -0.472. The second kappa shape index (κ2) is 5.86. The van der Waals surface area contributed by atoms with Crippen LogP contribution in [0.15, 0.2) is 21.7 Å². The van der Waals surface area contributed by atoms with Crippen LogP contribution in [0.2, 0.25) is 0 Å². The van der Waals surface area contributed by atoms with Gasteiger partial charge < -0.3 is 9.64 Å². The third kappa shape index (κ3) is 2.52. The molecule has 1 aliphatic rings. The van der Waals surface area contributed by atoms with Crippen LogP contribution in [-0.2, 0) is 18.8 Å². The molecule has 128 valence electrons. The Labute approximate surface area is 138 Å². The smallest absolute Gasteiger partial charge is 0.332 e. The van der Waals surface area contributed by atoms with Crippen molar-refractivity contribution in [2.45, 2.75) is 26.0 Å². The Morgan fingerprint density at radius 1 is 1.21 bits per heavy atom. The second-order valence-electron chi connectivity index (χ2n) is 6.22. The number of rotatable bonds is 1. The maximum atomic E-state index is 12.8. The molecule has 3 heterocycles. The molecule has 2 unspecified atom stereocenters. The summed E-state index contributed by atoms with van der Waals surface area (Å²) in [6.45, 7) is 4.78. The summed E-state index contributed by atoms with van der Waals surface area (Å²) in [5.74, 6) is -0.229. The van der Waals surface area contributed by atoms with Gasteiger partial charge in [0.25, 0.3) is 11.5 Å². The van der Waals surface area contributed by atoms with E-state index in [-0.39, 0.29) is 29.4 Å². The van der Waals surface area contributed by atoms with E-state index in [1.54, 1.807) is 11.0 Å². The van der Waals surface area contributed by atoms with E-state index in [1.165, 1.54) is 24.7 Å². The fraction of sp³-hybridized carbons (Fsp3) is 0.500. The molecule has 0 aromatic carbocycles. The molecule has 8 nitrogen and oxygen atoms in total. The molecule has 1 amide bonds. The fourth-order valence-electron chi connectivity index (χ4n) is 2.91. The first-order valence-corrected chi connectivity index (χ1v) is 7.80. The van der Waals surface area contributed by atoms with Gasteiger partial charge in [0.2, 0.25) is 0 Å². The number of nitrogens with zero attached hydrogens (tertiary/aromatic N) is 4. The van der Waals surface area contributed by atoms with Gasteiger partial charge in [-0.05, 0) is 26.0 Å². The van der Waals surface area contributed by atoms with Crippen LogP contribution in [0.3, 0.4) is 0 Å². The van der Waals surface area contributed by atoms with E-state index >= 15 is 0 Å². The average Bonchev–Trinajstić information content (AvgIpc) is 2.59. The molecule has 0 saturated carbocycles. The van der Waals surface area contributed by atoms with Crippen molar-refractivity contribution in [3.8, 4) is 0 Å². The van der Waals surface area contributed by atoms with Crippen LogP contribution in [0.5, 0.6) is 0 Å². The maximum absolute atomic E-state index is 12.8. The van der Waals surface area contributed by atoms with Crippen molar-refractivity contribution >= 4 is 16.9 Å². The zero-order valence-electron chi connectivity index (χ0n) is 14.1. The molecule has 8 heteroatoms. The third-order valence-electron chi connectivity index (χ3n) is 4.39. The number of hydrogen-bond acceptors (Lipinski definition) is 5. The van der Waals surface area contributed by atoms with E-state index in [9.17, 15) is 14.4 Å². The quantitative estimate of drug-likeness (QED) is 0.727. The molecule has 2 aromatic heterocycles. The third-order valence-corrected chi connectivity index (χ3v) is 4.39. The molecule has 1 aliphatic heterocycles. The number of morpholine rings is 1. The predicted octanol–water partition coefficient (Wildman–Crippen LogP) is -0.118. The Balaban J connectivity index is 2.10. The highest BCUT2D eigenvalue weighted by atomic mass is 16.5. The summed E-state index contributed by atoms with van der Waals surface area (Å²) in [6, 6.07) is 3.02. The Bertz CT molecular complexity index is 930. The minimum absolute atomic E-state index is 0.0396. The van der Waals surface area contributed by atoms with Crippen molar-refractivity contribution in [2.24, 2.45) is 14.1 Å². The van der Waals surface area contributed by atoms with Gasteiger partial charge in [-0.25, -0.2) is 9.78 Å². The lowest BCUT2D eigenvalue weighted by Gasteiger charge is -2.36. The van der Waals surface area contributed by atoms with Crippen molar-refractivity contribution in [1.29, 1.82) is 0 Å².